The summed E-state index contributed by atoms with van der Waals surface area (Å²) >= 11 is 6.04. The summed E-state index contributed by atoms with van der Waals surface area (Å²) in [7, 11) is -19.9. The fourth-order valence-corrected chi connectivity index (χ4v) is 7.81. The summed E-state index contributed by atoms with van der Waals surface area (Å²) in [5.41, 5.74) is -1.60. The van der Waals surface area contributed by atoms with E-state index in [1.54, 1.807) is 6.07 Å². The summed E-state index contributed by atoms with van der Waals surface area (Å²) in [6.45, 7) is 0. The number of hydrogen-bond acceptors (Lipinski definition) is 14. The maximum absolute atomic E-state index is 13.0. The van der Waals surface area contributed by atoms with Gasteiger partial charge in [0.1, 0.15) is 15.6 Å². The molecule has 2 aliphatic heterocycles. The Kier molecular flexibility index (Phi) is 10.8. The average Bonchev–Trinajstić information content (AvgIpc) is 3.47. The molecule has 262 valence electrons. The van der Waals surface area contributed by atoms with Crippen LogP contribution in [0.5, 0.6) is 0 Å². The smallest absolute Gasteiger partial charge is 0.282 e. The molecule has 18 nitrogen and oxygen atoms in total. The fourth-order valence-electron chi connectivity index (χ4n) is 4.08. The Morgan fingerprint density at radius 1 is 0.720 bits per heavy atom. The second kappa shape index (κ2) is 14.1. The SMILES string of the molecule is N#CC1=NN(c2cc(S(=O)(=O)O)cc(S(=O)(=O)O)c2)C(=O)\C1=C/C=C/C=C/C=C/C1SC(=S)N(c2cc(S(=O)(=O)O)cc(S(=O)(=O)O)c2)C1=O. The number of carbonyl (C=O) groups is 2. The highest BCUT2D eigenvalue weighted by molar-refractivity contribution is 8.25. The quantitative estimate of drug-likeness (QED) is 0.115. The van der Waals surface area contributed by atoms with Gasteiger partial charge >= 0.3 is 0 Å². The number of allylic oxidation sites excluding steroid dienone is 6. The number of thioether (sulfide) groups is 1. The number of nitriles is 1. The van der Waals surface area contributed by atoms with Crippen LogP contribution in [-0.4, -0.2) is 79.0 Å². The van der Waals surface area contributed by atoms with Gasteiger partial charge in [-0.3, -0.25) is 32.7 Å². The normalized spacial score (nSPS) is 18.7. The van der Waals surface area contributed by atoms with Crippen molar-refractivity contribution in [3.8, 4) is 6.07 Å². The highest BCUT2D eigenvalue weighted by Gasteiger charge is 2.37. The number of benzene rings is 2. The largest absolute Gasteiger partial charge is 0.294 e. The van der Waals surface area contributed by atoms with Crippen LogP contribution in [-0.2, 0) is 50.1 Å². The van der Waals surface area contributed by atoms with Gasteiger partial charge in [-0.25, -0.2) is 0 Å². The first-order chi connectivity index (χ1) is 23.0. The molecular weight excluding hydrogens is 785 g/mol. The molecule has 0 spiro atoms. The molecule has 1 atom stereocenters. The Morgan fingerprint density at radius 3 is 1.62 bits per heavy atom. The van der Waals surface area contributed by atoms with E-state index in [0.717, 1.165) is 34.9 Å². The van der Waals surface area contributed by atoms with Crippen LogP contribution in [0.25, 0.3) is 0 Å². The number of rotatable bonds is 10. The van der Waals surface area contributed by atoms with Crippen molar-refractivity contribution in [3.05, 3.63) is 84.5 Å². The number of hydrazone groups is 1. The zero-order chi connectivity index (χ0) is 37.4. The van der Waals surface area contributed by atoms with E-state index in [1.165, 1.54) is 36.5 Å². The lowest BCUT2D eigenvalue weighted by atomic mass is 10.1. The molecule has 50 heavy (non-hydrogen) atoms. The number of amides is 2. The molecule has 24 heteroatoms. The van der Waals surface area contributed by atoms with Gasteiger partial charge in [0.25, 0.3) is 46.4 Å². The van der Waals surface area contributed by atoms with E-state index in [0.29, 0.717) is 29.3 Å². The Hall–Kier alpha value is -4.42. The molecule has 0 bridgehead atoms. The van der Waals surface area contributed by atoms with Crippen LogP contribution >= 0.6 is 24.0 Å². The molecule has 0 radical (unpaired) electrons. The Bertz CT molecular complexity index is 2400. The van der Waals surface area contributed by atoms with Crippen LogP contribution in [0.3, 0.4) is 0 Å². The predicted molar refractivity (Wildman–Crippen MR) is 180 cm³/mol. The fraction of sp³-hybridized carbons (Fsp3) is 0.0385. The van der Waals surface area contributed by atoms with Crippen molar-refractivity contribution in [2.45, 2.75) is 24.8 Å². The van der Waals surface area contributed by atoms with Gasteiger partial charge in [-0.1, -0.05) is 60.4 Å². The first-order valence-corrected chi connectivity index (χ1v) is 19.9. The first-order valence-electron chi connectivity index (χ1n) is 12.8. The van der Waals surface area contributed by atoms with Crippen molar-refractivity contribution < 1.29 is 61.5 Å². The lowest BCUT2D eigenvalue weighted by molar-refractivity contribution is -0.116. The van der Waals surface area contributed by atoms with Crippen LogP contribution in [0.2, 0.25) is 0 Å². The van der Waals surface area contributed by atoms with Gasteiger partial charge in [0.05, 0.1) is 36.5 Å². The first kappa shape index (κ1) is 38.4. The third-order valence-electron chi connectivity index (χ3n) is 6.27. The molecular formula is C26H18N4O14S6. The molecule has 4 rings (SSSR count). The standard InChI is InChI=1S/C26H18N4O14S6/c27-14-22-21(24(31)30(28-22)16-10-19(49(39,40)41)13-20(11-16)50(42,43)44)6-4-2-1-3-5-7-23-25(32)29(26(45)46-23)15-8-17(47(33,34)35)12-18(9-15)48(36,37)38/h1-13,23H,(H,33,34,35)(H,36,37,38)(H,39,40,41)(H,42,43,44)/b3-1+,4-2+,7-5+,21-6-. The lowest BCUT2D eigenvalue weighted by Gasteiger charge is -2.17. The highest BCUT2D eigenvalue weighted by atomic mass is 32.2. The number of anilines is 2. The van der Waals surface area contributed by atoms with E-state index in [-0.39, 0.29) is 15.6 Å². The predicted octanol–water partition coefficient (Wildman–Crippen LogP) is 1.93. The lowest BCUT2D eigenvalue weighted by Crippen LogP contribution is -2.31. The monoisotopic (exact) mass is 802 g/mol. The molecule has 1 fully saturated rings. The van der Waals surface area contributed by atoms with Gasteiger partial charge in [0.2, 0.25) is 5.91 Å². The third kappa shape index (κ3) is 8.65. The molecule has 0 saturated carbocycles. The Morgan fingerprint density at radius 2 is 1.16 bits per heavy atom. The number of thiocarbonyl (C=S) groups is 1. The van der Waals surface area contributed by atoms with Crippen LogP contribution < -0.4 is 9.91 Å². The Balaban J connectivity index is 1.50. The molecule has 2 aromatic carbocycles. The molecule has 4 N–H and O–H groups in total. The van der Waals surface area contributed by atoms with E-state index < -0.39 is 88.5 Å². The van der Waals surface area contributed by atoms with Crippen molar-refractivity contribution in [2.24, 2.45) is 5.10 Å². The van der Waals surface area contributed by atoms with E-state index in [4.69, 9.17) is 12.2 Å². The summed E-state index contributed by atoms with van der Waals surface area (Å²) in [4.78, 5) is 23.1. The molecule has 1 unspecified atom stereocenters. The summed E-state index contributed by atoms with van der Waals surface area (Å²) < 4.78 is 131. The van der Waals surface area contributed by atoms with Crippen LogP contribution in [0, 0.1) is 11.3 Å². The van der Waals surface area contributed by atoms with Gasteiger partial charge in [0.15, 0.2) is 5.71 Å². The average molecular weight is 803 g/mol. The van der Waals surface area contributed by atoms with Crippen molar-refractivity contribution in [3.63, 3.8) is 0 Å². The zero-order valence-corrected chi connectivity index (χ0v) is 29.1. The molecule has 2 amide bonds. The second-order valence-electron chi connectivity index (χ2n) is 9.62. The minimum atomic E-state index is -5.00. The van der Waals surface area contributed by atoms with Crippen LogP contribution in [0.1, 0.15) is 0 Å². The number of nitrogens with zero attached hydrogens (tertiary/aromatic N) is 4. The summed E-state index contributed by atoms with van der Waals surface area (Å²) in [5, 5.41) is 12.7. The van der Waals surface area contributed by atoms with Crippen molar-refractivity contribution >= 4 is 97.7 Å². The van der Waals surface area contributed by atoms with Gasteiger partial charge < -0.3 is 0 Å². The molecule has 0 aliphatic carbocycles. The molecule has 1 saturated heterocycles. The highest BCUT2D eigenvalue weighted by Crippen LogP contribution is 2.35. The molecule has 2 aromatic rings. The molecule has 2 aliphatic rings. The van der Waals surface area contributed by atoms with E-state index in [9.17, 15) is 66.7 Å². The van der Waals surface area contributed by atoms with Crippen molar-refractivity contribution in [1.82, 2.24) is 0 Å². The van der Waals surface area contributed by atoms with E-state index in [2.05, 4.69) is 5.10 Å². The molecule has 0 aromatic heterocycles. The zero-order valence-electron chi connectivity index (χ0n) is 24.2. The summed E-state index contributed by atoms with van der Waals surface area (Å²) in [6.07, 6.45) is 9.50. The number of carbonyl (C=O) groups excluding carboxylic acids is 2. The Labute approximate surface area is 293 Å². The minimum Gasteiger partial charge on any atom is -0.282 e. The third-order valence-corrected chi connectivity index (χ3v) is 11.1. The van der Waals surface area contributed by atoms with Gasteiger partial charge in [-0.2, -0.15) is 49.0 Å². The van der Waals surface area contributed by atoms with Gasteiger partial charge in [-0.15, -0.1) is 0 Å². The van der Waals surface area contributed by atoms with E-state index >= 15 is 0 Å². The topological polar surface area (TPSA) is 294 Å². The molecule has 2 heterocycles. The minimum absolute atomic E-state index is 0.0990. The summed E-state index contributed by atoms with van der Waals surface area (Å²) in [6, 6.07) is 5.58. The van der Waals surface area contributed by atoms with Crippen molar-refractivity contribution in [2.75, 3.05) is 9.91 Å². The van der Waals surface area contributed by atoms with E-state index in [1.807, 2.05) is 0 Å². The summed E-state index contributed by atoms with van der Waals surface area (Å²) in [5.74, 6) is -1.70. The number of hydrogen-bond donors (Lipinski definition) is 4. The second-order valence-corrected chi connectivity index (χ2v) is 17.1. The van der Waals surface area contributed by atoms with Gasteiger partial charge in [-0.05, 0) is 42.5 Å². The van der Waals surface area contributed by atoms with Crippen LogP contribution in [0.4, 0.5) is 11.4 Å². The maximum atomic E-state index is 13.0. The van der Waals surface area contributed by atoms with Crippen molar-refractivity contribution in [1.29, 1.82) is 5.26 Å². The van der Waals surface area contributed by atoms with Gasteiger partial charge in [0, 0.05) is 0 Å². The van der Waals surface area contributed by atoms with Crippen LogP contribution in [0.15, 0.2) is 109 Å². The maximum Gasteiger partial charge on any atom is 0.294 e.